The number of furan rings is 1. The number of hydrogen-bond donors (Lipinski definition) is 1. The number of benzene rings is 2. The summed E-state index contributed by atoms with van der Waals surface area (Å²) in [7, 11) is 0. The van der Waals surface area contributed by atoms with Gasteiger partial charge in [-0.25, -0.2) is 4.39 Å². The van der Waals surface area contributed by atoms with Gasteiger partial charge in [-0.3, -0.25) is 9.59 Å². The molecule has 1 N–H and O–H groups in total. The van der Waals surface area contributed by atoms with Crippen LogP contribution in [0.2, 0.25) is 0 Å². The summed E-state index contributed by atoms with van der Waals surface area (Å²) in [6.45, 7) is -0.171. The maximum atomic E-state index is 14.0. The highest BCUT2D eigenvalue weighted by Gasteiger charge is 2.35. The van der Waals surface area contributed by atoms with E-state index in [-0.39, 0.29) is 18.2 Å². The van der Waals surface area contributed by atoms with Crippen LogP contribution < -0.4 is 5.32 Å². The van der Waals surface area contributed by atoms with E-state index in [1.807, 2.05) is 30.3 Å². The minimum atomic E-state index is -0.626. The molecule has 0 fully saturated rings. The first-order valence-electron chi connectivity index (χ1n) is 8.12. The minimum Gasteiger partial charge on any atom is -0.459 e. The minimum absolute atomic E-state index is 0.124. The van der Waals surface area contributed by atoms with Crippen molar-refractivity contribution in [1.82, 2.24) is 4.90 Å². The zero-order valence-corrected chi connectivity index (χ0v) is 13.7. The first-order valence-corrected chi connectivity index (χ1v) is 8.12. The van der Waals surface area contributed by atoms with Crippen LogP contribution in [-0.4, -0.2) is 23.3 Å². The van der Waals surface area contributed by atoms with Crippen molar-refractivity contribution in [2.24, 2.45) is 0 Å². The van der Waals surface area contributed by atoms with Crippen LogP contribution >= 0.6 is 0 Å². The third-order valence-corrected chi connectivity index (χ3v) is 4.32. The van der Waals surface area contributed by atoms with Crippen LogP contribution in [0.3, 0.4) is 0 Å². The second-order valence-corrected chi connectivity index (χ2v) is 6.00. The maximum Gasteiger partial charge on any atom is 0.290 e. The SMILES string of the molecule is O=C1CN(C(=O)c2ccco2)C(c2ccccc2)c2cc(F)ccc2N1. The number of carbonyl (C=O) groups is 2. The molecular formula is C20H15FN2O3. The quantitative estimate of drug-likeness (QED) is 0.768. The van der Waals surface area contributed by atoms with Crippen LogP contribution in [0.5, 0.6) is 0 Å². The van der Waals surface area contributed by atoms with Crippen molar-refractivity contribution in [2.45, 2.75) is 6.04 Å². The third-order valence-electron chi connectivity index (χ3n) is 4.32. The van der Waals surface area contributed by atoms with Gasteiger partial charge in [-0.2, -0.15) is 0 Å². The molecule has 0 radical (unpaired) electrons. The largest absolute Gasteiger partial charge is 0.459 e. The van der Waals surface area contributed by atoms with E-state index < -0.39 is 17.8 Å². The van der Waals surface area contributed by atoms with Crippen molar-refractivity contribution >= 4 is 17.5 Å². The Morgan fingerprint density at radius 3 is 2.65 bits per heavy atom. The number of hydrogen-bond acceptors (Lipinski definition) is 3. The van der Waals surface area contributed by atoms with E-state index in [1.165, 1.54) is 29.4 Å². The van der Waals surface area contributed by atoms with Gasteiger partial charge in [-0.1, -0.05) is 30.3 Å². The maximum absolute atomic E-state index is 14.0. The Balaban J connectivity index is 1.90. The number of anilines is 1. The number of amides is 2. The Morgan fingerprint density at radius 2 is 1.92 bits per heavy atom. The lowest BCUT2D eigenvalue weighted by Gasteiger charge is -2.29. The van der Waals surface area contributed by atoms with Gasteiger partial charge in [-0.05, 0) is 35.9 Å². The summed E-state index contributed by atoms with van der Waals surface area (Å²) in [4.78, 5) is 26.8. The second-order valence-electron chi connectivity index (χ2n) is 6.00. The molecule has 0 spiro atoms. The van der Waals surface area contributed by atoms with Crippen molar-refractivity contribution in [3.8, 4) is 0 Å². The summed E-state index contributed by atoms with van der Waals surface area (Å²) in [5, 5.41) is 2.75. The van der Waals surface area contributed by atoms with Gasteiger partial charge in [0.15, 0.2) is 5.76 Å². The van der Waals surface area contributed by atoms with Gasteiger partial charge < -0.3 is 14.6 Å². The van der Waals surface area contributed by atoms with Gasteiger partial charge in [0, 0.05) is 11.3 Å². The first-order chi connectivity index (χ1) is 12.6. The molecular weight excluding hydrogens is 335 g/mol. The lowest BCUT2D eigenvalue weighted by molar-refractivity contribution is -0.117. The van der Waals surface area contributed by atoms with E-state index in [2.05, 4.69) is 5.32 Å². The molecule has 1 aromatic heterocycles. The molecule has 2 heterocycles. The smallest absolute Gasteiger partial charge is 0.290 e. The van der Waals surface area contributed by atoms with Crippen LogP contribution in [0.1, 0.15) is 27.7 Å². The topological polar surface area (TPSA) is 62.6 Å². The fraction of sp³-hybridized carbons (Fsp3) is 0.100. The summed E-state index contributed by atoms with van der Waals surface area (Å²) < 4.78 is 19.2. The number of nitrogens with zero attached hydrogens (tertiary/aromatic N) is 1. The summed E-state index contributed by atoms with van der Waals surface area (Å²) in [6, 6.07) is 15.9. The van der Waals surface area contributed by atoms with Gasteiger partial charge in [-0.15, -0.1) is 0 Å². The zero-order chi connectivity index (χ0) is 18.1. The summed E-state index contributed by atoms with van der Waals surface area (Å²) >= 11 is 0. The Morgan fingerprint density at radius 1 is 1.12 bits per heavy atom. The average Bonchev–Trinajstić information content (AvgIpc) is 3.13. The average molecular weight is 350 g/mol. The van der Waals surface area contributed by atoms with E-state index in [9.17, 15) is 14.0 Å². The molecule has 2 amide bonds. The Labute approximate surface area is 149 Å². The fourth-order valence-corrected chi connectivity index (χ4v) is 3.20. The third kappa shape index (κ3) is 2.86. The molecule has 0 saturated carbocycles. The van der Waals surface area contributed by atoms with Crippen LogP contribution in [0, 0.1) is 5.82 Å². The van der Waals surface area contributed by atoms with Crippen LogP contribution in [-0.2, 0) is 4.79 Å². The standard InChI is InChI=1S/C20H15FN2O3/c21-14-8-9-16-15(11-14)19(13-5-2-1-3-6-13)23(12-18(24)22-16)20(25)17-7-4-10-26-17/h1-11,19H,12H2,(H,22,24). The highest BCUT2D eigenvalue weighted by molar-refractivity contribution is 6.00. The van der Waals surface area contributed by atoms with E-state index in [4.69, 9.17) is 4.42 Å². The first kappa shape index (κ1) is 16.1. The van der Waals surface area contributed by atoms with Crippen molar-refractivity contribution in [1.29, 1.82) is 0 Å². The molecule has 4 rings (SSSR count). The summed E-state index contributed by atoms with van der Waals surface area (Å²) in [5.41, 5.74) is 1.78. The van der Waals surface area contributed by atoms with Crippen LogP contribution in [0.15, 0.2) is 71.3 Å². The number of halogens is 1. The van der Waals surface area contributed by atoms with Crippen molar-refractivity contribution < 1.29 is 18.4 Å². The monoisotopic (exact) mass is 350 g/mol. The molecule has 1 aliphatic heterocycles. The normalized spacial score (nSPS) is 16.6. The number of rotatable bonds is 2. The van der Waals surface area contributed by atoms with Gasteiger partial charge in [0.05, 0.1) is 12.3 Å². The molecule has 6 heteroatoms. The lowest BCUT2D eigenvalue weighted by Crippen LogP contribution is -2.38. The lowest BCUT2D eigenvalue weighted by atomic mass is 9.95. The highest BCUT2D eigenvalue weighted by Crippen LogP contribution is 2.36. The molecule has 0 bridgehead atoms. The molecule has 2 aromatic carbocycles. The predicted octanol–water partition coefficient (Wildman–Crippen LogP) is 3.60. The van der Waals surface area contributed by atoms with E-state index >= 15 is 0 Å². The molecule has 1 unspecified atom stereocenters. The number of fused-ring (bicyclic) bond motifs is 1. The fourth-order valence-electron chi connectivity index (χ4n) is 3.20. The molecule has 1 aliphatic rings. The Kier molecular flexibility index (Phi) is 4.01. The van der Waals surface area contributed by atoms with Crippen molar-refractivity contribution in [3.05, 3.63) is 89.6 Å². The van der Waals surface area contributed by atoms with Crippen LogP contribution in [0.25, 0.3) is 0 Å². The Hall–Kier alpha value is -3.41. The highest BCUT2D eigenvalue weighted by atomic mass is 19.1. The van der Waals surface area contributed by atoms with E-state index in [0.717, 1.165) is 5.56 Å². The van der Waals surface area contributed by atoms with Crippen LogP contribution in [0.4, 0.5) is 10.1 Å². The summed E-state index contributed by atoms with van der Waals surface area (Å²) in [6.07, 6.45) is 1.40. The molecule has 0 saturated heterocycles. The second kappa shape index (κ2) is 6.48. The predicted molar refractivity (Wildman–Crippen MR) is 93.1 cm³/mol. The van der Waals surface area contributed by atoms with Gasteiger partial charge in [0.25, 0.3) is 5.91 Å². The Bertz CT molecular complexity index is 954. The van der Waals surface area contributed by atoms with E-state index in [0.29, 0.717) is 11.3 Å². The molecule has 5 nitrogen and oxygen atoms in total. The zero-order valence-electron chi connectivity index (χ0n) is 13.7. The molecule has 3 aromatic rings. The summed E-state index contributed by atoms with van der Waals surface area (Å²) in [5.74, 6) is -1.10. The number of carbonyl (C=O) groups excluding carboxylic acids is 2. The van der Waals surface area contributed by atoms with E-state index in [1.54, 1.807) is 12.1 Å². The molecule has 1 atom stereocenters. The van der Waals surface area contributed by atoms with Gasteiger partial charge >= 0.3 is 0 Å². The number of nitrogens with one attached hydrogen (secondary N) is 1. The molecule has 130 valence electrons. The van der Waals surface area contributed by atoms with Gasteiger partial charge in [0.2, 0.25) is 5.91 Å². The van der Waals surface area contributed by atoms with Gasteiger partial charge in [0.1, 0.15) is 12.4 Å². The molecule has 0 aliphatic carbocycles. The van der Waals surface area contributed by atoms with Crippen molar-refractivity contribution in [2.75, 3.05) is 11.9 Å². The molecule has 26 heavy (non-hydrogen) atoms. The van der Waals surface area contributed by atoms with Crippen molar-refractivity contribution in [3.63, 3.8) is 0 Å².